The quantitative estimate of drug-likeness (QED) is 0.654. The molecule has 0 aromatic heterocycles. The van der Waals surface area contributed by atoms with E-state index in [-0.39, 0.29) is 13.0 Å². The van der Waals surface area contributed by atoms with Crippen LogP contribution in [0.1, 0.15) is 18.4 Å². The van der Waals surface area contributed by atoms with Gasteiger partial charge in [0.1, 0.15) is 11.8 Å². The lowest BCUT2D eigenvalue weighted by molar-refractivity contribution is -0.147. The van der Waals surface area contributed by atoms with Crippen LogP contribution in [0.4, 0.5) is 0 Å². The molecule has 0 saturated carbocycles. The number of rotatable bonds is 8. The van der Waals surface area contributed by atoms with E-state index in [9.17, 15) is 14.4 Å². The van der Waals surface area contributed by atoms with Gasteiger partial charge in [-0.3, -0.25) is 9.59 Å². The van der Waals surface area contributed by atoms with Crippen molar-refractivity contribution in [2.45, 2.75) is 25.8 Å². The van der Waals surface area contributed by atoms with Gasteiger partial charge in [-0.05, 0) is 18.6 Å². The van der Waals surface area contributed by atoms with Crippen molar-refractivity contribution in [2.75, 3.05) is 6.61 Å². The molecule has 1 amide bonds. The van der Waals surface area contributed by atoms with Gasteiger partial charge in [-0.1, -0.05) is 18.2 Å². The highest BCUT2D eigenvalue weighted by atomic mass is 16.5. The Balaban J connectivity index is 2.41. The van der Waals surface area contributed by atoms with E-state index >= 15 is 0 Å². The third kappa shape index (κ3) is 5.94. The summed E-state index contributed by atoms with van der Waals surface area (Å²) in [6.45, 7) is 1.94. The molecule has 0 aliphatic carbocycles. The third-order valence-electron chi connectivity index (χ3n) is 2.69. The highest BCUT2D eigenvalue weighted by Crippen LogP contribution is 2.16. The molecular formula is C14H17NO6. The SMILES string of the molecule is Cc1ccccc1OCCC(=O)N[C@@H](CC(=O)O)C(=O)O. The van der Waals surface area contributed by atoms with Gasteiger partial charge in [0.25, 0.3) is 0 Å². The van der Waals surface area contributed by atoms with Gasteiger partial charge in [0.2, 0.25) is 5.91 Å². The Bertz CT molecular complexity index is 528. The molecular weight excluding hydrogens is 278 g/mol. The lowest BCUT2D eigenvalue weighted by atomic mass is 10.2. The molecule has 0 saturated heterocycles. The highest BCUT2D eigenvalue weighted by molar-refractivity contribution is 5.86. The normalized spacial score (nSPS) is 11.5. The monoisotopic (exact) mass is 295 g/mol. The molecule has 21 heavy (non-hydrogen) atoms. The smallest absolute Gasteiger partial charge is 0.326 e. The Morgan fingerprint density at radius 2 is 1.90 bits per heavy atom. The molecule has 0 unspecified atom stereocenters. The van der Waals surface area contributed by atoms with Crippen LogP contribution in [-0.2, 0) is 14.4 Å². The van der Waals surface area contributed by atoms with Crippen molar-refractivity contribution < 1.29 is 29.3 Å². The summed E-state index contributed by atoms with van der Waals surface area (Å²) in [6.07, 6.45) is -0.725. The number of aryl methyl sites for hydroxylation is 1. The van der Waals surface area contributed by atoms with Crippen molar-refractivity contribution >= 4 is 17.8 Å². The van der Waals surface area contributed by atoms with Crippen molar-refractivity contribution in [2.24, 2.45) is 0 Å². The standard InChI is InChI=1S/C14H17NO6/c1-9-4-2-3-5-11(9)21-7-6-12(16)15-10(14(19)20)8-13(17)18/h2-5,10H,6-8H2,1H3,(H,15,16)(H,17,18)(H,19,20)/t10-/m0/s1. The molecule has 0 aliphatic heterocycles. The van der Waals surface area contributed by atoms with Gasteiger partial charge in [-0.2, -0.15) is 0 Å². The highest BCUT2D eigenvalue weighted by Gasteiger charge is 2.22. The molecule has 7 heteroatoms. The molecule has 1 rings (SSSR count). The van der Waals surface area contributed by atoms with E-state index in [1.807, 2.05) is 19.1 Å². The molecule has 1 aromatic carbocycles. The summed E-state index contributed by atoms with van der Waals surface area (Å²) in [4.78, 5) is 32.9. The molecule has 0 aliphatic rings. The fourth-order valence-corrected chi connectivity index (χ4v) is 1.61. The number of amides is 1. The van der Waals surface area contributed by atoms with E-state index in [1.54, 1.807) is 12.1 Å². The summed E-state index contributed by atoms with van der Waals surface area (Å²) < 4.78 is 5.41. The zero-order chi connectivity index (χ0) is 15.8. The number of carboxylic acid groups (broad SMARTS) is 2. The maximum absolute atomic E-state index is 11.6. The van der Waals surface area contributed by atoms with Gasteiger partial charge < -0.3 is 20.3 Å². The number of hydrogen-bond acceptors (Lipinski definition) is 4. The Morgan fingerprint density at radius 3 is 2.48 bits per heavy atom. The lowest BCUT2D eigenvalue weighted by Gasteiger charge is -2.13. The van der Waals surface area contributed by atoms with Crippen LogP contribution in [0.15, 0.2) is 24.3 Å². The van der Waals surface area contributed by atoms with Crippen molar-refractivity contribution in [1.29, 1.82) is 0 Å². The summed E-state index contributed by atoms with van der Waals surface area (Å²) in [7, 11) is 0. The fraction of sp³-hybridized carbons (Fsp3) is 0.357. The van der Waals surface area contributed by atoms with Crippen LogP contribution < -0.4 is 10.1 Å². The first kappa shape index (κ1) is 16.5. The van der Waals surface area contributed by atoms with Crippen LogP contribution in [0.25, 0.3) is 0 Å². The number of carboxylic acids is 2. The number of nitrogens with one attached hydrogen (secondary N) is 1. The van der Waals surface area contributed by atoms with E-state index in [1.165, 1.54) is 0 Å². The van der Waals surface area contributed by atoms with Crippen LogP contribution in [0.5, 0.6) is 5.75 Å². The van der Waals surface area contributed by atoms with Gasteiger partial charge in [0.05, 0.1) is 19.4 Å². The molecule has 3 N–H and O–H groups in total. The summed E-state index contributed by atoms with van der Waals surface area (Å²) in [5, 5.41) is 19.5. The molecule has 0 bridgehead atoms. The van der Waals surface area contributed by atoms with Gasteiger partial charge in [0.15, 0.2) is 0 Å². The maximum Gasteiger partial charge on any atom is 0.326 e. The molecule has 1 atom stereocenters. The number of aliphatic carboxylic acids is 2. The summed E-state index contributed by atoms with van der Waals surface area (Å²) in [5.41, 5.74) is 0.923. The predicted molar refractivity (Wildman–Crippen MR) is 73.1 cm³/mol. The minimum Gasteiger partial charge on any atom is -0.493 e. The number of hydrogen-bond donors (Lipinski definition) is 3. The number of carbonyl (C=O) groups is 3. The minimum absolute atomic E-state index is 0.0578. The van der Waals surface area contributed by atoms with E-state index in [4.69, 9.17) is 14.9 Å². The van der Waals surface area contributed by atoms with E-state index in [2.05, 4.69) is 5.32 Å². The minimum atomic E-state index is -1.44. The van der Waals surface area contributed by atoms with Crippen LogP contribution in [0, 0.1) is 6.92 Å². The Labute approximate surface area is 121 Å². The molecule has 1 aromatic rings. The zero-order valence-electron chi connectivity index (χ0n) is 11.5. The fourth-order valence-electron chi connectivity index (χ4n) is 1.61. The summed E-state index contributed by atoms with van der Waals surface area (Å²) >= 11 is 0. The second-order valence-electron chi connectivity index (χ2n) is 4.42. The first-order valence-electron chi connectivity index (χ1n) is 6.32. The average Bonchev–Trinajstić information content (AvgIpc) is 2.39. The number of benzene rings is 1. The van der Waals surface area contributed by atoms with Crippen molar-refractivity contribution in [3.63, 3.8) is 0 Å². The topological polar surface area (TPSA) is 113 Å². The van der Waals surface area contributed by atoms with Gasteiger partial charge in [-0.25, -0.2) is 4.79 Å². The van der Waals surface area contributed by atoms with Crippen molar-refractivity contribution in [3.8, 4) is 5.75 Å². The molecule has 0 fully saturated rings. The Kier molecular flexibility index (Phi) is 6.19. The molecule has 114 valence electrons. The van der Waals surface area contributed by atoms with Crippen molar-refractivity contribution in [3.05, 3.63) is 29.8 Å². The second-order valence-corrected chi connectivity index (χ2v) is 4.42. The number of ether oxygens (including phenoxy) is 1. The van der Waals surface area contributed by atoms with Gasteiger partial charge in [0, 0.05) is 0 Å². The van der Waals surface area contributed by atoms with Gasteiger partial charge >= 0.3 is 11.9 Å². The Hall–Kier alpha value is -2.57. The molecule has 0 spiro atoms. The van der Waals surface area contributed by atoms with Crippen LogP contribution >= 0.6 is 0 Å². The third-order valence-corrected chi connectivity index (χ3v) is 2.69. The number of carbonyl (C=O) groups excluding carboxylic acids is 1. The Morgan fingerprint density at radius 1 is 1.24 bits per heavy atom. The van der Waals surface area contributed by atoms with Gasteiger partial charge in [-0.15, -0.1) is 0 Å². The van der Waals surface area contributed by atoms with E-state index in [0.29, 0.717) is 5.75 Å². The lowest BCUT2D eigenvalue weighted by Crippen LogP contribution is -2.42. The number of para-hydroxylation sites is 1. The maximum atomic E-state index is 11.6. The predicted octanol–water partition coefficient (Wildman–Crippen LogP) is 0.808. The van der Waals surface area contributed by atoms with Crippen LogP contribution in [0.2, 0.25) is 0 Å². The van der Waals surface area contributed by atoms with Crippen molar-refractivity contribution in [1.82, 2.24) is 5.32 Å². The molecule has 0 heterocycles. The largest absolute Gasteiger partial charge is 0.493 e. The first-order chi connectivity index (χ1) is 9.90. The summed E-state index contributed by atoms with van der Waals surface area (Å²) in [6, 6.07) is 5.85. The van der Waals surface area contributed by atoms with E-state index in [0.717, 1.165) is 5.56 Å². The average molecular weight is 295 g/mol. The molecule has 7 nitrogen and oxygen atoms in total. The second kappa shape index (κ2) is 7.88. The van der Waals surface area contributed by atoms with E-state index < -0.39 is 30.3 Å². The van der Waals surface area contributed by atoms with Crippen LogP contribution in [-0.4, -0.2) is 40.7 Å². The summed E-state index contributed by atoms with van der Waals surface area (Å²) in [5.74, 6) is -2.60. The zero-order valence-corrected chi connectivity index (χ0v) is 11.5. The molecule has 0 radical (unpaired) electrons. The van der Waals surface area contributed by atoms with Crippen LogP contribution in [0.3, 0.4) is 0 Å². The first-order valence-corrected chi connectivity index (χ1v) is 6.32.